The minimum absolute atomic E-state index is 0.298. The standard InChI is InChI=1S/C24H31N5O2/c1-5-25-23(27-17-24(3,30)20-15-28-29(4)16-20)26-14-19-10-6-7-12-22(19)31-21-11-8-9-18(2)13-21/h6-13,15-16,30H,5,14,17H2,1-4H3,(H2,25,26,27). The Morgan fingerprint density at radius 1 is 1.19 bits per heavy atom. The van der Waals surface area contributed by atoms with E-state index in [4.69, 9.17) is 4.74 Å². The molecule has 0 aliphatic heterocycles. The van der Waals surface area contributed by atoms with Crippen LogP contribution in [-0.2, 0) is 19.2 Å². The van der Waals surface area contributed by atoms with Crippen LogP contribution >= 0.6 is 0 Å². The van der Waals surface area contributed by atoms with Gasteiger partial charge in [0.1, 0.15) is 17.1 Å². The molecule has 1 unspecified atom stereocenters. The topological polar surface area (TPSA) is 83.7 Å². The molecule has 0 spiro atoms. The second kappa shape index (κ2) is 10.1. The number of aryl methyl sites for hydroxylation is 2. The molecule has 0 fully saturated rings. The Balaban J connectivity index is 1.70. The van der Waals surface area contributed by atoms with Gasteiger partial charge >= 0.3 is 0 Å². The SMILES string of the molecule is CCNC(=NCc1ccccc1Oc1cccc(C)c1)NCC(C)(O)c1cnn(C)c1. The van der Waals surface area contributed by atoms with Crippen LogP contribution in [0.3, 0.4) is 0 Å². The molecule has 1 aromatic heterocycles. The molecular formula is C24H31N5O2. The van der Waals surface area contributed by atoms with Crippen molar-refractivity contribution >= 4 is 5.96 Å². The number of ether oxygens (including phenoxy) is 1. The summed E-state index contributed by atoms with van der Waals surface area (Å²) in [6.07, 6.45) is 3.48. The van der Waals surface area contributed by atoms with E-state index in [1.54, 1.807) is 17.8 Å². The highest BCUT2D eigenvalue weighted by atomic mass is 16.5. The Bertz CT molecular complexity index is 1030. The van der Waals surface area contributed by atoms with Gasteiger partial charge in [-0.1, -0.05) is 30.3 Å². The van der Waals surface area contributed by atoms with Crippen LogP contribution in [0.5, 0.6) is 11.5 Å². The maximum Gasteiger partial charge on any atom is 0.191 e. The molecule has 0 amide bonds. The molecule has 0 radical (unpaired) electrons. The summed E-state index contributed by atoms with van der Waals surface area (Å²) in [6, 6.07) is 15.8. The van der Waals surface area contributed by atoms with Gasteiger partial charge in [0.05, 0.1) is 19.3 Å². The fraction of sp³-hybridized carbons (Fsp3) is 0.333. The van der Waals surface area contributed by atoms with Crippen LogP contribution in [0, 0.1) is 6.92 Å². The molecular weight excluding hydrogens is 390 g/mol. The summed E-state index contributed by atoms with van der Waals surface area (Å²) >= 11 is 0. The molecule has 0 saturated carbocycles. The monoisotopic (exact) mass is 421 g/mol. The van der Waals surface area contributed by atoms with Crippen molar-refractivity contribution in [3.05, 3.63) is 77.6 Å². The second-order valence-corrected chi connectivity index (χ2v) is 7.75. The van der Waals surface area contributed by atoms with Gasteiger partial charge in [0.15, 0.2) is 5.96 Å². The third-order valence-corrected chi connectivity index (χ3v) is 4.87. The van der Waals surface area contributed by atoms with E-state index in [9.17, 15) is 5.11 Å². The van der Waals surface area contributed by atoms with Crippen LogP contribution in [0.25, 0.3) is 0 Å². The van der Waals surface area contributed by atoms with Crippen LogP contribution in [0.2, 0.25) is 0 Å². The van der Waals surface area contributed by atoms with Gasteiger partial charge in [0.25, 0.3) is 0 Å². The van der Waals surface area contributed by atoms with Crippen LogP contribution in [0.15, 0.2) is 65.9 Å². The van der Waals surface area contributed by atoms with Crippen molar-refractivity contribution in [2.75, 3.05) is 13.1 Å². The summed E-state index contributed by atoms with van der Waals surface area (Å²) in [5, 5.41) is 21.4. The van der Waals surface area contributed by atoms with Gasteiger partial charge in [-0.05, 0) is 44.5 Å². The van der Waals surface area contributed by atoms with Crippen LogP contribution in [-0.4, -0.2) is 33.9 Å². The zero-order valence-electron chi connectivity index (χ0n) is 18.6. The van der Waals surface area contributed by atoms with E-state index in [0.717, 1.165) is 28.2 Å². The molecule has 164 valence electrons. The second-order valence-electron chi connectivity index (χ2n) is 7.75. The number of hydrogen-bond acceptors (Lipinski definition) is 4. The molecule has 0 aliphatic carbocycles. The zero-order valence-corrected chi connectivity index (χ0v) is 18.6. The number of hydrogen-bond donors (Lipinski definition) is 3. The van der Waals surface area contributed by atoms with Gasteiger partial charge in [-0.3, -0.25) is 4.68 Å². The Hall–Kier alpha value is -3.32. The summed E-state index contributed by atoms with van der Waals surface area (Å²) in [5.41, 5.74) is 1.79. The van der Waals surface area contributed by atoms with E-state index in [2.05, 4.69) is 20.7 Å². The van der Waals surface area contributed by atoms with Gasteiger partial charge in [0.2, 0.25) is 0 Å². The largest absolute Gasteiger partial charge is 0.457 e. The van der Waals surface area contributed by atoms with E-state index >= 15 is 0 Å². The van der Waals surface area contributed by atoms with Crippen molar-refractivity contribution in [2.45, 2.75) is 32.9 Å². The first kappa shape index (κ1) is 22.4. The number of aliphatic hydroxyl groups is 1. The number of nitrogens with zero attached hydrogens (tertiary/aromatic N) is 3. The highest BCUT2D eigenvalue weighted by molar-refractivity contribution is 5.79. The van der Waals surface area contributed by atoms with Crippen molar-refractivity contribution in [3.8, 4) is 11.5 Å². The lowest BCUT2D eigenvalue weighted by Crippen LogP contribution is -2.44. The van der Waals surface area contributed by atoms with Crippen molar-refractivity contribution in [3.63, 3.8) is 0 Å². The maximum absolute atomic E-state index is 10.8. The van der Waals surface area contributed by atoms with E-state index in [0.29, 0.717) is 25.6 Å². The van der Waals surface area contributed by atoms with E-state index in [1.165, 1.54) is 0 Å². The molecule has 0 aliphatic rings. The highest BCUT2D eigenvalue weighted by Crippen LogP contribution is 2.26. The molecule has 0 saturated heterocycles. The van der Waals surface area contributed by atoms with Gasteiger partial charge in [0, 0.05) is 30.9 Å². The van der Waals surface area contributed by atoms with E-state index in [1.807, 2.05) is 75.6 Å². The molecule has 2 aromatic carbocycles. The van der Waals surface area contributed by atoms with Crippen molar-refractivity contribution in [2.24, 2.45) is 12.0 Å². The summed E-state index contributed by atoms with van der Waals surface area (Å²) in [5.74, 6) is 2.20. The molecule has 7 nitrogen and oxygen atoms in total. The summed E-state index contributed by atoms with van der Waals surface area (Å²) in [7, 11) is 1.83. The number of guanidine groups is 1. The highest BCUT2D eigenvalue weighted by Gasteiger charge is 2.25. The molecule has 0 bridgehead atoms. The smallest absolute Gasteiger partial charge is 0.191 e. The van der Waals surface area contributed by atoms with Crippen LogP contribution < -0.4 is 15.4 Å². The summed E-state index contributed by atoms with van der Waals surface area (Å²) in [4.78, 5) is 4.69. The number of para-hydroxylation sites is 1. The van der Waals surface area contributed by atoms with Crippen LogP contribution in [0.1, 0.15) is 30.5 Å². The normalized spacial score (nSPS) is 13.5. The first-order chi connectivity index (χ1) is 14.9. The molecule has 1 heterocycles. The number of aromatic nitrogens is 2. The number of rotatable bonds is 8. The zero-order chi connectivity index (χ0) is 22.3. The van der Waals surface area contributed by atoms with E-state index in [-0.39, 0.29) is 0 Å². The number of benzene rings is 2. The first-order valence-electron chi connectivity index (χ1n) is 10.4. The van der Waals surface area contributed by atoms with Crippen molar-refractivity contribution < 1.29 is 9.84 Å². The van der Waals surface area contributed by atoms with Crippen molar-refractivity contribution in [1.82, 2.24) is 20.4 Å². The number of aliphatic imine (C=N–C) groups is 1. The third kappa shape index (κ3) is 6.33. The van der Waals surface area contributed by atoms with Crippen LogP contribution in [0.4, 0.5) is 0 Å². The average Bonchev–Trinajstić information content (AvgIpc) is 3.18. The summed E-state index contributed by atoms with van der Waals surface area (Å²) < 4.78 is 7.77. The van der Waals surface area contributed by atoms with Gasteiger partial charge < -0.3 is 20.5 Å². The van der Waals surface area contributed by atoms with E-state index < -0.39 is 5.60 Å². The minimum Gasteiger partial charge on any atom is -0.457 e. The fourth-order valence-electron chi connectivity index (χ4n) is 3.10. The molecule has 7 heteroatoms. The fourth-order valence-corrected chi connectivity index (χ4v) is 3.10. The van der Waals surface area contributed by atoms with Gasteiger partial charge in [-0.15, -0.1) is 0 Å². The molecule has 3 N–H and O–H groups in total. The predicted octanol–water partition coefficient (Wildman–Crippen LogP) is 3.48. The molecule has 31 heavy (non-hydrogen) atoms. The predicted molar refractivity (Wildman–Crippen MR) is 123 cm³/mol. The molecule has 3 rings (SSSR count). The Morgan fingerprint density at radius 2 is 2.00 bits per heavy atom. The lowest BCUT2D eigenvalue weighted by atomic mass is 10.00. The Kier molecular flexibility index (Phi) is 7.31. The third-order valence-electron chi connectivity index (χ3n) is 4.87. The Morgan fingerprint density at radius 3 is 2.71 bits per heavy atom. The van der Waals surface area contributed by atoms with Gasteiger partial charge in [-0.2, -0.15) is 5.10 Å². The molecule has 1 atom stereocenters. The molecule has 3 aromatic rings. The number of nitrogens with one attached hydrogen (secondary N) is 2. The Labute approximate surface area is 183 Å². The lowest BCUT2D eigenvalue weighted by molar-refractivity contribution is 0.0616. The van der Waals surface area contributed by atoms with Crippen molar-refractivity contribution in [1.29, 1.82) is 0 Å². The average molecular weight is 422 g/mol. The minimum atomic E-state index is -1.07. The lowest BCUT2D eigenvalue weighted by Gasteiger charge is -2.23. The maximum atomic E-state index is 10.8. The first-order valence-corrected chi connectivity index (χ1v) is 10.4. The van der Waals surface area contributed by atoms with Gasteiger partial charge in [-0.25, -0.2) is 4.99 Å². The quantitative estimate of drug-likeness (QED) is 0.383. The summed E-state index contributed by atoms with van der Waals surface area (Å²) in [6.45, 7) is 7.25.